The Morgan fingerprint density at radius 3 is 2.54 bits per heavy atom. The maximum absolute atomic E-state index is 11.9. The summed E-state index contributed by atoms with van der Waals surface area (Å²) in [4.78, 5) is 40.3. The van der Waals surface area contributed by atoms with Crippen LogP contribution < -0.4 is 5.32 Å². The predicted molar refractivity (Wildman–Crippen MR) is 88.3 cm³/mol. The number of anilines is 1. The van der Waals surface area contributed by atoms with Gasteiger partial charge in [0.15, 0.2) is 5.82 Å². The van der Waals surface area contributed by atoms with Crippen LogP contribution in [0.15, 0.2) is 35.2 Å². The zero-order chi connectivity index (χ0) is 17.1. The lowest BCUT2D eigenvalue weighted by molar-refractivity contribution is -0.138. The zero-order valence-corrected chi connectivity index (χ0v) is 14.2. The number of rotatable bonds is 5. The number of hydrogen-bond acceptors (Lipinski definition) is 5. The average Bonchev–Trinajstić information content (AvgIpc) is 3.13. The van der Waals surface area contributed by atoms with Gasteiger partial charge in [-0.05, 0) is 28.1 Å². The van der Waals surface area contributed by atoms with Crippen molar-refractivity contribution in [2.75, 3.05) is 11.9 Å². The van der Waals surface area contributed by atoms with Crippen LogP contribution >= 0.6 is 15.9 Å². The minimum atomic E-state index is -0.279. The molecule has 0 saturated carbocycles. The molecular formula is C15H14BrN5O3. The quantitative estimate of drug-likeness (QED) is 0.778. The Balaban J connectivity index is 1.55. The van der Waals surface area contributed by atoms with Crippen LogP contribution in [0.2, 0.25) is 0 Å². The molecule has 3 rings (SSSR count). The van der Waals surface area contributed by atoms with Crippen LogP contribution in [-0.2, 0) is 14.4 Å². The minimum absolute atomic E-state index is 0.0608. The molecule has 1 N–H and O–H groups in total. The number of imide groups is 1. The van der Waals surface area contributed by atoms with Gasteiger partial charge < -0.3 is 5.32 Å². The molecular weight excluding hydrogens is 378 g/mol. The van der Waals surface area contributed by atoms with Crippen molar-refractivity contribution in [1.29, 1.82) is 0 Å². The normalized spacial score (nSPS) is 14.3. The van der Waals surface area contributed by atoms with Crippen molar-refractivity contribution in [1.82, 2.24) is 19.7 Å². The van der Waals surface area contributed by atoms with Crippen molar-refractivity contribution < 1.29 is 14.4 Å². The summed E-state index contributed by atoms with van der Waals surface area (Å²) in [6, 6.07) is 3.44. The summed E-state index contributed by atoms with van der Waals surface area (Å²) in [5.41, 5.74) is 0.536. The van der Waals surface area contributed by atoms with Crippen molar-refractivity contribution in [2.45, 2.75) is 19.3 Å². The van der Waals surface area contributed by atoms with E-state index in [1.165, 1.54) is 6.20 Å². The number of amides is 3. The molecule has 0 atom stereocenters. The van der Waals surface area contributed by atoms with E-state index in [1.54, 1.807) is 29.2 Å². The summed E-state index contributed by atoms with van der Waals surface area (Å²) in [5.74, 6) is -0.0979. The molecule has 2 aromatic rings. The third kappa shape index (κ3) is 3.67. The Hall–Kier alpha value is -2.55. The van der Waals surface area contributed by atoms with Gasteiger partial charge in [0.2, 0.25) is 17.7 Å². The van der Waals surface area contributed by atoms with Gasteiger partial charge in [-0.15, -0.1) is 0 Å². The largest absolute Gasteiger partial charge is 0.325 e. The van der Waals surface area contributed by atoms with E-state index in [-0.39, 0.29) is 43.5 Å². The molecule has 3 heterocycles. The molecule has 1 aliphatic heterocycles. The first-order valence-corrected chi connectivity index (χ1v) is 8.12. The van der Waals surface area contributed by atoms with Gasteiger partial charge in [0, 0.05) is 32.0 Å². The zero-order valence-electron chi connectivity index (χ0n) is 12.6. The smallest absolute Gasteiger partial charge is 0.229 e. The second-order valence-electron chi connectivity index (χ2n) is 5.25. The third-order valence-electron chi connectivity index (χ3n) is 3.53. The van der Waals surface area contributed by atoms with Crippen molar-refractivity contribution in [3.05, 3.63) is 35.2 Å². The highest BCUT2D eigenvalue weighted by Gasteiger charge is 2.28. The predicted octanol–water partition coefficient (Wildman–Crippen LogP) is 1.51. The molecule has 0 radical (unpaired) electrons. The molecule has 3 amide bonds. The van der Waals surface area contributed by atoms with Crippen LogP contribution in [0.4, 0.5) is 5.69 Å². The van der Waals surface area contributed by atoms with E-state index in [0.717, 1.165) is 9.37 Å². The van der Waals surface area contributed by atoms with Gasteiger partial charge in [0.25, 0.3) is 0 Å². The Labute approximate surface area is 146 Å². The molecule has 9 heteroatoms. The molecule has 0 spiro atoms. The Kier molecular flexibility index (Phi) is 4.70. The van der Waals surface area contributed by atoms with E-state index in [2.05, 4.69) is 31.3 Å². The van der Waals surface area contributed by atoms with E-state index in [4.69, 9.17) is 0 Å². The summed E-state index contributed by atoms with van der Waals surface area (Å²) in [5, 5.41) is 6.80. The molecule has 1 saturated heterocycles. The number of hydrogen-bond donors (Lipinski definition) is 1. The second kappa shape index (κ2) is 6.91. The third-order valence-corrected chi connectivity index (χ3v) is 3.94. The Morgan fingerprint density at radius 2 is 1.96 bits per heavy atom. The lowest BCUT2D eigenvalue weighted by Gasteiger charge is -2.13. The highest BCUT2D eigenvalue weighted by molar-refractivity contribution is 9.10. The molecule has 2 aromatic heterocycles. The summed E-state index contributed by atoms with van der Waals surface area (Å²) in [6.07, 6.45) is 5.47. The molecule has 0 unspecified atom stereocenters. The summed E-state index contributed by atoms with van der Waals surface area (Å²) < 4.78 is 2.44. The van der Waals surface area contributed by atoms with Gasteiger partial charge in [0.05, 0.1) is 22.6 Å². The Morgan fingerprint density at radius 1 is 1.21 bits per heavy atom. The fraction of sp³-hybridized carbons (Fsp3) is 0.267. The van der Waals surface area contributed by atoms with Gasteiger partial charge >= 0.3 is 0 Å². The number of nitrogens with zero attached hydrogens (tertiary/aromatic N) is 4. The van der Waals surface area contributed by atoms with Crippen LogP contribution in [0.5, 0.6) is 0 Å². The van der Waals surface area contributed by atoms with Crippen LogP contribution in [-0.4, -0.2) is 43.9 Å². The maximum atomic E-state index is 11.9. The molecule has 8 nitrogen and oxygen atoms in total. The standard InChI is InChI=1S/C15H14BrN5O3/c16-10-7-18-21(9-10)12-2-1-11(8-17-12)19-13(22)5-6-20-14(23)3-4-15(20)24/h1-2,7-9H,3-6H2,(H,19,22). The van der Waals surface area contributed by atoms with Crippen molar-refractivity contribution in [2.24, 2.45) is 0 Å². The molecule has 124 valence electrons. The summed E-state index contributed by atoms with van der Waals surface area (Å²) in [7, 11) is 0. The number of carbonyl (C=O) groups excluding carboxylic acids is 3. The van der Waals surface area contributed by atoms with E-state index >= 15 is 0 Å². The molecule has 24 heavy (non-hydrogen) atoms. The fourth-order valence-corrected chi connectivity index (χ4v) is 2.62. The highest BCUT2D eigenvalue weighted by atomic mass is 79.9. The topological polar surface area (TPSA) is 97.2 Å². The Bertz CT molecular complexity index is 771. The number of likely N-dealkylation sites (tertiary alicyclic amines) is 1. The number of nitrogens with one attached hydrogen (secondary N) is 1. The average molecular weight is 392 g/mol. The monoisotopic (exact) mass is 391 g/mol. The van der Waals surface area contributed by atoms with Gasteiger partial charge in [-0.3, -0.25) is 19.3 Å². The van der Waals surface area contributed by atoms with Crippen LogP contribution in [0.25, 0.3) is 5.82 Å². The van der Waals surface area contributed by atoms with E-state index in [1.807, 2.05) is 0 Å². The van der Waals surface area contributed by atoms with Gasteiger partial charge in [-0.1, -0.05) is 0 Å². The van der Waals surface area contributed by atoms with Crippen LogP contribution in [0.3, 0.4) is 0 Å². The molecule has 1 fully saturated rings. The van der Waals surface area contributed by atoms with Crippen LogP contribution in [0.1, 0.15) is 19.3 Å². The second-order valence-corrected chi connectivity index (χ2v) is 6.16. The number of carbonyl (C=O) groups is 3. The number of aromatic nitrogens is 3. The number of pyridine rings is 1. The van der Waals surface area contributed by atoms with Crippen LogP contribution in [0, 0.1) is 0 Å². The highest BCUT2D eigenvalue weighted by Crippen LogP contribution is 2.14. The fourth-order valence-electron chi connectivity index (χ4n) is 2.33. The molecule has 0 bridgehead atoms. The van der Waals surface area contributed by atoms with Gasteiger partial charge in [-0.25, -0.2) is 9.67 Å². The maximum Gasteiger partial charge on any atom is 0.229 e. The summed E-state index contributed by atoms with van der Waals surface area (Å²) >= 11 is 3.31. The minimum Gasteiger partial charge on any atom is -0.325 e. The van der Waals surface area contributed by atoms with E-state index in [9.17, 15) is 14.4 Å². The first kappa shape index (κ1) is 16.3. The van der Waals surface area contributed by atoms with Gasteiger partial charge in [-0.2, -0.15) is 5.10 Å². The van der Waals surface area contributed by atoms with Crippen molar-refractivity contribution >= 4 is 39.3 Å². The molecule has 1 aliphatic rings. The summed E-state index contributed by atoms with van der Waals surface area (Å²) in [6.45, 7) is 0.107. The van der Waals surface area contributed by atoms with Gasteiger partial charge in [0.1, 0.15) is 0 Å². The first-order chi connectivity index (χ1) is 11.5. The lowest BCUT2D eigenvalue weighted by atomic mass is 10.3. The first-order valence-electron chi connectivity index (χ1n) is 7.32. The molecule has 0 aromatic carbocycles. The molecule has 0 aliphatic carbocycles. The number of halogens is 1. The van der Waals surface area contributed by atoms with Crippen molar-refractivity contribution in [3.8, 4) is 5.82 Å². The lowest BCUT2D eigenvalue weighted by Crippen LogP contribution is -2.32. The SMILES string of the molecule is O=C(CCN1C(=O)CCC1=O)Nc1ccc(-n2cc(Br)cn2)nc1. The van der Waals surface area contributed by atoms with Crippen molar-refractivity contribution in [3.63, 3.8) is 0 Å². The van der Waals surface area contributed by atoms with E-state index < -0.39 is 0 Å². The van der Waals surface area contributed by atoms with E-state index in [0.29, 0.717) is 11.5 Å².